The van der Waals surface area contributed by atoms with Gasteiger partial charge in [-0.15, -0.1) is 0 Å². The number of sulfonamides is 1. The van der Waals surface area contributed by atoms with Gasteiger partial charge in [0.05, 0.1) is 5.92 Å². The summed E-state index contributed by atoms with van der Waals surface area (Å²) in [5.74, 6) is -2.03. The topological polar surface area (TPSA) is 149 Å². The Balaban J connectivity index is 2.96. The van der Waals surface area contributed by atoms with Crippen molar-refractivity contribution in [3.63, 3.8) is 0 Å². The van der Waals surface area contributed by atoms with E-state index in [1.54, 1.807) is 11.9 Å². The molecule has 1 atom stereocenters. The number of carboxylic acids is 1. The molecular formula is C9H13N3O6S. The summed E-state index contributed by atoms with van der Waals surface area (Å²) in [5.41, 5.74) is -1.90. The van der Waals surface area contributed by atoms with Crippen LogP contribution >= 0.6 is 0 Å². The maximum absolute atomic E-state index is 11.8. The van der Waals surface area contributed by atoms with Crippen LogP contribution in [0, 0.1) is 5.92 Å². The quantitative estimate of drug-likeness (QED) is 0.498. The van der Waals surface area contributed by atoms with E-state index in [1.807, 2.05) is 9.71 Å². The van der Waals surface area contributed by atoms with Crippen molar-refractivity contribution in [1.82, 2.24) is 14.7 Å². The summed E-state index contributed by atoms with van der Waals surface area (Å²) in [4.78, 5) is 36.0. The molecule has 1 aromatic heterocycles. The number of nitrogens with one attached hydrogen (secondary N) is 3. The highest BCUT2D eigenvalue weighted by Gasteiger charge is 2.22. The Morgan fingerprint density at radius 1 is 1.47 bits per heavy atom. The molecule has 0 fully saturated rings. The van der Waals surface area contributed by atoms with Crippen molar-refractivity contribution in [2.24, 2.45) is 5.92 Å². The fourth-order valence-electron chi connectivity index (χ4n) is 1.29. The molecule has 0 aromatic carbocycles. The SMILES string of the molecule is CCC(CNS(=O)(=O)c1c[nH]c(=O)[nH]c1=O)C(=O)O. The van der Waals surface area contributed by atoms with Crippen LogP contribution in [-0.4, -0.2) is 36.0 Å². The van der Waals surface area contributed by atoms with Crippen LogP contribution in [0.1, 0.15) is 13.3 Å². The van der Waals surface area contributed by atoms with E-state index in [1.165, 1.54) is 0 Å². The van der Waals surface area contributed by atoms with E-state index in [0.717, 1.165) is 6.20 Å². The third-order valence-corrected chi connectivity index (χ3v) is 3.87. The van der Waals surface area contributed by atoms with Gasteiger partial charge < -0.3 is 10.1 Å². The van der Waals surface area contributed by atoms with Gasteiger partial charge in [0.25, 0.3) is 5.56 Å². The number of carbonyl (C=O) groups is 1. The molecule has 0 bridgehead atoms. The molecule has 4 N–H and O–H groups in total. The fraction of sp³-hybridized carbons (Fsp3) is 0.444. The molecule has 0 aliphatic heterocycles. The maximum atomic E-state index is 11.8. The first kappa shape index (κ1) is 15.1. The summed E-state index contributed by atoms with van der Waals surface area (Å²) in [6, 6.07) is 0. The lowest BCUT2D eigenvalue weighted by atomic mass is 10.1. The molecule has 1 heterocycles. The lowest BCUT2D eigenvalue weighted by molar-refractivity contribution is -0.141. The second-order valence-electron chi connectivity index (χ2n) is 3.73. The van der Waals surface area contributed by atoms with Gasteiger partial charge in [-0.1, -0.05) is 6.92 Å². The van der Waals surface area contributed by atoms with E-state index in [4.69, 9.17) is 5.11 Å². The Bertz CT molecular complexity index is 674. The van der Waals surface area contributed by atoms with Crippen LogP contribution in [0.2, 0.25) is 0 Å². The van der Waals surface area contributed by atoms with Crippen LogP contribution < -0.4 is 16.0 Å². The molecule has 0 aliphatic rings. The molecule has 9 nitrogen and oxygen atoms in total. The zero-order valence-electron chi connectivity index (χ0n) is 9.97. The van der Waals surface area contributed by atoms with Gasteiger partial charge in [-0.25, -0.2) is 17.9 Å². The van der Waals surface area contributed by atoms with E-state index in [0.29, 0.717) is 0 Å². The highest BCUT2D eigenvalue weighted by molar-refractivity contribution is 7.89. The third-order valence-electron chi connectivity index (χ3n) is 2.44. The number of aromatic amines is 2. The summed E-state index contributed by atoms with van der Waals surface area (Å²) in [5, 5.41) is 8.78. The average Bonchev–Trinajstić information content (AvgIpc) is 2.28. The average molecular weight is 291 g/mol. The Morgan fingerprint density at radius 3 is 2.58 bits per heavy atom. The van der Waals surface area contributed by atoms with Crippen molar-refractivity contribution in [1.29, 1.82) is 0 Å². The molecule has 1 aromatic rings. The van der Waals surface area contributed by atoms with Gasteiger partial charge >= 0.3 is 11.7 Å². The molecule has 1 unspecified atom stereocenters. The van der Waals surface area contributed by atoms with Crippen molar-refractivity contribution in [2.45, 2.75) is 18.2 Å². The molecule has 0 aliphatic carbocycles. The number of hydrogen-bond donors (Lipinski definition) is 4. The minimum atomic E-state index is -4.17. The second kappa shape index (κ2) is 5.80. The van der Waals surface area contributed by atoms with Crippen LogP contribution in [0.3, 0.4) is 0 Å². The van der Waals surface area contributed by atoms with Gasteiger partial charge in [-0.05, 0) is 6.42 Å². The monoisotopic (exact) mass is 291 g/mol. The molecular weight excluding hydrogens is 278 g/mol. The molecule has 1 rings (SSSR count). The van der Waals surface area contributed by atoms with Crippen molar-refractivity contribution in [3.05, 3.63) is 27.0 Å². The summed E-state index contributed by atoms with van der Waals surface area (Å²) in [6.45, 7) is 1.26. The van der Waals surface area contributed by atoms with E-state index >= 15 is 0 Å². The predicted octanol–water partition coefficient (Wildman–Crippen LogP) is -1.55. The van der Waals surface area contributed by atoms with Gasteiger partial charge in [0, 0.05) is 12.7 Å². The second-order valence-corrected chi connectivity index (χ2v) is 5.47. The van der Waals surface area contributed by atoms with E-state index in [-0.39, 0.29) is 13.0 Å². The molecule has 106 valence electrons. The number of aliphatic carboxylic acids is 1. The molecule has 19 heavy (non-hydrogen) atoms. The fourth-order valence-corrected chi connectivity index (χ4v) is 2.38. The van der Waals surface area contributed by atoms with Gasteiger partial charge in [-0.2, -0.15) is 0 Å². The molecule has 0 radical (unpaired) electrons. The predicted molar refractivity (Wildman–Crippen MR) is 64.3 cm³/mol. The Morgan fingerprint density at radius 2 is 2.11 bits per heavy atom. The first-order valence-corrected chi connectivity index (χ1v) is 6.80. The maximum Gasteiger partial charge on any atom is 0.325 e. The number of hydrogen-bond acceptors (Lipinski definition) is 5. The molecule has 0 saturated heterocycles. The van der Waals surface area contributed by atoms with Crippen LogP contribution in [0.25, 0.3) is 0 Å². The first-order valence-electron chi connectivity index (χ1n) is 5.32. The molecule has 0 saturated carbocycles. The minimum absolute atomic E-state index is 0.236. The molecule has 0 amide bonds. The summed E-state index contributed by atoms with van der Waals surface area (Å²) in [7, 11) is -4.17. The number of H-pyrrole nitrogens is 2. The minimum Gasteiger partial charge on any atom is -0.481 e. The van der Waals surface area contributed by atoms with Gasteiger partial charge in [-0.3, -0.25) is 14.6 Å². The smallest absolute Gasteiger partial charge is 0.325 e. The lowest BCUT2D eigenvalue weighted by Gasteiger charge is -2.10. The van der Waals surface area contributed by atoms with Crippen molar-refractivity contribution in [2.75, 3.05) is 6.54 Å². The third kappa shape index (κ3) is 3.76. The van der Waals surface area contributed by atoms with Crippen molar-refractivity contribution >= 4 is 16.0 Å². The largest absolute Gasteiger partial charge is 0.481 e. The van der Waals surface area contributed by atoms with Crippen LogP contribution in [0.5, 0.6) is 0 Å². The molecule has 10 heteroatoms. The van der Waals surface area contributed by atoms with Crippen LogP contribution in [-0.2, 0) is 14.8 Å². The van der Waals surface area contributed by atoms with Crippen LogP contribution in [0.4, 0.5) is 0 Å². The number of aromatic nitrogens is 2. The Labute approximate surface area is 107 Å². The zero-order valence-corrected chi connectivity index (χ0v) is 10.8. The lowest BCUT2D eigenvalue weighted by Crippen LogP contribution is -2.36. The van der Waals surface area contributed by atoms with Crippen molar-refractivity contribution in [3.8, 4) is 0 Å². The Kier molecular flexibility index (Phi) is 4.62. The number of carboxylic acid groups (broad SMARTS) is 1. The van der Waals surface area contributed by atoms with E-state index in [2.05, 4.69) is 0 Å². The van der Waals surface area contributed by atoms with E-state index < -0.39 is 38.1 Å². The highest BCUT2D eigenvalue weighted by atomic mass is 32.2. The summed E-state index contributed by atoms with van der Waals surface area (Å²) < 4.78 is 25.5. The zero-order chi connectivity index (χ0) is 14.6. The van der Waals surface area contributed by atoms with E-state index in [9.17, 15) is 22.8 Å². The Hall–Kier alpha value is -1.94. The van der Waals surface area contributed by atoms with Gasteiger partial charge in [0.1, 0.15) is 0 Å². The highest BCUT2D eigenvalue weighted by Crippen LogP contribution is 2.04. The standard InChI is InChI=1S/C9H13N3O6S/c1-2-5(8(14)15)3-11-19(17,18)6-4-10-9(16)12-7(6)13/h4-5,11H,2-3H2,1H3,(H,14,15)(H2,10,12,13,16). The number of rotatable bonds is 6. The summed E-state index contributed by atoms with van der Waals surface area (Å²) in [6.07, 6.45) is 0.991. The van der Waals surface area contributed by atoms with Gasteiger partial charge in [0.2, 0.25) is 10.0 Å². The van der Waals surface area contributed by atoms with Gasteiger partial charge in [0.15, 0.2) is 4.90 Å². The molecule has 0 spiro atoms. The van der Waals surface area contributed by atoms with Crippen LogP contribution in [0.15, 0.2) is 20.7 Å². The normalized spacial score (nSPS) is 13.1. The first-order chi connectivity index (χ1) is 8.77. The van der Waals surface area contributed by atoms with Crippen molar-refractivity contribution < 1.29 is 18.3 Å². The summed E-state index contributed by atoms with van der Waals surface area (Å²) >= 11 is 0.